The second-order valence-corrected chi connectivity index (χ2v) is 11.3. The van der Waals surface area contributed by atoms with Gasteiger partial charge in [0.25, 0.3) is 0 Å². The average Bonchev–Trinajstić information content (AvgIpc) is 3.54. The topological polar surface area (TPSA) is 84.0 Å². The number of esters is 1. The molecule has 4 fully saturated rings. The number of anilines is 2. The highest BCUT2D eigenvalue weighted by atomic mass is 16.5. The summed E-state index contributed by atoms with van der Waals surface area (Å²) >= 11 is 0. The molecule has 8 rings (SSSR count). The van der Waals surface area contributed by atoms with Gasteiger partial charge < -0.3 is 9.64 Å². The Morgan fingerprint density at radius 1 is 0.838 bits per heavy atom. The lowest BCUT2D eigenvalue weighted by Crippen LogP contribution is -2.40. The van der Waals surface area contributed by atoms with Gasteiger partial charge in [0, 0.05) is 18.7 Å². The molecule has 2 bridgehead atoms. The maximum absolute atomic E-state index is 13.3. The summed E-state index contributed by atoms with van der Waals surface area (Å²) in [5, 5.41) is 0. The van der Waals surface area contributed by atoms with Gasteiger partial charge in [-0.15, -0.1) is 0 Å². The summed E-state index contributed by atoms with van der Waals surface area (Å²) in [7, 11) is 0. The lowest BCUT2D eigenvalue weighted by Gasteiger charge is -2.37. The van der Waals surface area contributed by atoms with Crippen molar-refractivity contribution in [1.82, 2.24) is 0 Å². The molecule has 0 radical (unpaired) electrons. The highest BCUT2D eigenvalue weighted by Gasteiger charge is 2.67. The summed E-state index contributed by atoms with van der Waals surface area (Å²) < 4.78 is 5.59. The van der Waals surface area contributed by atoms with Crippen molar-refractivity contribution in [2.45, 2.75) is 26.7 Å². The van der Waals surface area contributed by atoms with Gasteiger partial charge in [0.15, 0.2) is 0 Å². The minimum Gasteiger partial charge on any atom is -0.426 e. The van der Waals surface area contributed by atoms with Gasteiger partial charge in [-0.25, -0.2) is 0 Å². The van der Waals surface area contributed by atoms with Gasteiger partial charge in [-0.2, -0.15) is 0 Å². The van der Waals surface area contributed by atoms with Crippen LogP contribution in [0.5, 0.6) is 5.75 Å². The minimum absolute atomic E-state index is 0.0990. The SMILES string of the molecule is Cc1cc(C)cc(N2C[C@H](C(=O)Oc3ccc(N4C(=O)[C@@H]5[C@H]6C=C[C@@H]([C@@H]7C[C@H]67)[C@@H]5C4=O)cc3)CC2=O)c1. The molecule has 0 spiro atoms. The molecule has 7 nitrogen and oxygen atoms in total. The van der Waals surface area contributed by atoms with Gasteiger partial charge in [-0.1, -0.05) is 18.2 Å². The number of carbonyl (C=O) groups excluding carboxylic acids is 4. The Balaban J connectivity index is 1.04. The minimum atomic E-state index is -0.563. The fourth-order valence-electron chi connectivity index (χ4n) is 7.30. The van der Waals surface area contributed by atoms with Crippen LogP contribution in [0.2, 0.25) is 0 Å². The molecule has 2 aromatic carbocycles. The third kappa shape index (κ3) is 3.40. The Hall–Kier alpha value is -3.74. The quantitative estimate of drug-likeness (QED) is 0.278. The number of ether oxygens (including phenoxy) is 1. The van der Waals surface area contributed by atoms with Crippen molar-refractivity contribution in [2.75, 3.05) is 16.3 Å². The summed E-state index contributed by atoms with van der Waals surface area (Å²) in [5.74, 6) is -0.0411. The molecule has 2 saturated carbocycles. The Labute approximate surface area is 215 Å². The van der Waals surface area contributed by atoms with E-state index in [1.54, 1.807) is 29.2 Å². The van der Waals surface area contributed by atoms with E-state index in [2.05, 4.69) is 12.2 Å². The van der Waals surface area contributed by atoms with Crippen LogP contribution >= 0.6 is 0 Å². The molecule has 0 unspecified atom stereocenters. The van der Waals surface area contributed by atoms with E-state index in [-0.39, 0.29) is 54.4 Å². The summed E-state index contributed by atoms with van der Waals surface area (Å²) in [4.78, 5) is 55.1. The third-order valence-corrected chi connectivity index (χ3v) is 8.95. The summed E-state index contributed by atoms with van der Waals surface area (Å²) in [6.07, 6.45) is 5.55. The van der Waals surface area contributed by atoms with Gasteiger partial charge in [0.1, 0.15) is 5.75 Å². The monoisotopic (exact) mass is 496 g/mol. The fraction of sp³-hybridized carbons (Fsp3) is 0.400. The molecule has 3 amide bonds. The van der Waals surface area contributed by atoms with E-state index in [0.29, 0.717) is 23.3 Å². The molecule has 2 saturated heterocycles. The van der Waals surface area contributed by atoms with E-state index in [9.17, 15) is 19.2 Å². The Kier molecular flexibility index (Phi) is 4.78. The Morgan fingerprint density at radius 3 is 2.03 bits per heavy atom. The number of allylic oxidation sites excluding steroid dienone is 2. The van der Waals surface area contributed by atoms with Crippen LogP contribution in [0.25, 0.3) is 0 Å². The first-order valence-electron chi connectivity index (χ1n) is 13.1. The molecule has 0 aromatic heterocycles. The van der Waals surface area contributed by atoms with Gasteiger partial charge in [0.2, 0.25) is 17.7 Å². The molecule has 2 aromatic rings. The molecular formula is C30H28N2O5. The zero-order chi connectivity index (χ0) is 25.6. The van der Waals surface area contributed by atoms with Crippen molar-refractivity contribution in [2.24, 2.45) is 41.4 Å². The third-order valence-electron chi connectivity index (χ3n) is 8.95. The predicted molar refractivity (Wildman–Crippen MR) is 136 cm³/mol. The van der Waals surface area contributed by atoms with Crippen molar-refractivity contribution in [3.8, 4) is 5.75 Å². The number of rotatable bonds is 4. The summed E-state index contributed by atoms with van der Waals surface area (Å²) in [6.45, 7) is 4.23. The maximum atomic E-state index is 13.3. The Morgan fingerprint density at radius 2 is 1.43 bits per heavy atom. The van der Waals surface area contributed by atoms with E-state index in [4.69, 9.17) is 4.74 Å². The van der Waals surface area contributed by atoms with Crippen molar-refractivity contribution < 1.29 is 23.9 Å². The first kappa shape index (κ1) is 22.5. The van der Waals surface area contributed by atoms with Crippen molar-refractivity contribution in [1.29, 1.82) is 0 Å². The number of carbonyl (C=O) groups is 4. The van der Waals surface area contributed by atoms with Gasteiger partial charge in [-0.05, 0) is 91.5 Å². The summed E-state index contributed by atoms with van der Waals surface area (Å²) in [6, 6.07) is 12.5. The predicted octanol–water partition coefficient (Wildman–Crippen LogP) is 3.82. The zero-order valence-corrected chi connectivity index (χ0v) is 20.8. The molecule has 4 aliphatic carbocycles. The van der Waals surface area contributed by atoms with Crippen molar-refractivity contribution in [3.05, 3.63) is 65.7 Å². The van der Waals surface area contributed by atoms with Crippen LogP contribution in [-0.2, 0) is 19.2 Å². The molecule has 6 aliphatic rings. The second kappa shape index (κ2) is 7.88. The van der Waals surface area contributed by atoms with Crippen LogP contribution in [0.4, 0.5) is 11.4 Å². The highest BCUT2D eigenvalue weighted by molar-refractivity contribution is 6.22. The smallest absolute Gasteiger partial charge is 0.316 e. The number of hydrogen-bond acceptors (Lipinski definition) is 5. The molecule has 0 N–H and O–H groups in total. The number of hydrogen-bond donors (Lipinski definition) is 0. The maximum Gasteiger partial charge on any atom is 0.316 e. The number of benzene rings is 2. The number of nitrogens with zero attached hydrogens (tertiary/aromatic N) is 2. The normalized spacial score (nSPS) is 33.1. The van der Waals surface area contributed by atoms with Gasteiger partial charge >= 0.3 is 5.97 Å². The van der Waals surface area contributed by atoms with Crippen molar-refractivity contribution in [3.63, 3.8) is 0 Å². The van der Waals surface area contributed by atoms with E-state index in [1.165, 1.54) is 4.90 Å². The van der Waals surface area contributed by atoms with Gasteiger partial charge in [-0.3, -0.25) is 24.1 Å². The number of aryl methyl sites for hydroxylation is 2. The largest absolute Gasteiger partial charge is 0.426 e. The summed E-state index contributed by atoms with van der Waals surface area (Å²) in [5.41, 5.74) is 3.42. The van der Waals surface area contributed by atoms with E-state index in [0.717, 1.165) is 23.2 Å². The molecule has 188 valence electrons. The number of amides is 3. The number of imide groups is 1. The second-order valence-electron chi connectivity index (χ2n) is 11.3. The molecule has 7 atom stereocenters. The lowest BCUT2D eigenvalue weighted by molar-refractivity contribution is -0.139. The lowest BCUT2D eigenvalue weighted by atomic mass is 9.63. The van der Waals surface area contributed by atoms with Crippen LogP contribution in [0, 0.1) is 55.3 Å². The first-order valence-corrected chi connectivity index (χ1v) is 13.1. The van der Waals surface area contributed by atoms with E-state index in [1.807, 2.05) is 32.0 Å². The van der Waals surface area contributed by atoms with E-state index < -0.39 is 11.9 Å². The van der Waals surface area contributed by atoms with Crippen LogP contribution < -0.4 is 14.5 Å². The zero-order valence-electron chi connectivity index (χ0n) is 20.8. The molecule has 37 heavy (non-hydrogen) atoms. The van der Waals surface area contributed by atoms with Crippen LogP contribution in [0.3, 0.4) is 0 Å². The molecule has 2 heterocycles. The highest BCUT2D eigenvalue weighted by Crippen LogP contribution is 2.65. The standard InChI is InChI=1S/C30H28N2O5/c1-15-9-16(2)11-19(10-15)31-14-17(12-25(31)33)30(36)37-20-5-3-18(4-6-20)32-28(34)26-21-7-8-22(24-13-23(21)24)27(26)29(32)35/h3-11,17,21-24,26-27H,12-14H2,1-2H3/t17-,21+,22+,23-,24+,26-,27+/m1/s1. The van der Waals surface area contributed by atoms with Crippen LogP contribution in [0.1, 0.15) is 24.0 Å². The van der Waals surface area contributed by atoms with Crippen molar-refractivity contribution >= 4 is 35.1 Å². The first-order chi connectivity index (χ1) is 17.8. The molecule has 2 aliphatic heterocycles. The van der Waals surface area contributed by atoms with E-state index >= 15 is 0 Å². The fourth-order valence-corrected chi connectivity index (χ4v) is 7.30. The Bertz CT molecular complexity index is 1340. The average molecular weight is 497 g/mol. The van der Waals surface area contributed by atoms with Gasteiger partial charge in [0.05, 0.1) is 23.4 Å². The van der Waals surface area contributed by atoms with Crippen LogP contribution in [-0.4, -0.2) is 30.2 Å². The molecular weight excluding hydrogens is 468 g/mol. The van der Waals surface area contributed by atoms with Crippen LogP contribution in [0.15, 0.2) is 54.6 Å². The molecule has 7 heteroatoms.